The van der Waals surface area contributed by atoms with Crippen molar-refractivity contribution in [2.75, 3.05) is 0 Å². The molecule has 1 aromatic heterocycles. The summed E-state index contributed by atoms with van der Waals surface area (Å²) in [5.41, 5.74) is 0.441. The number of carbonyl (C=O) groups excluding carboxylic acids is 1. The van der Waals surface area contributed by atoms with Crippen molar-refractivity contribution in [3.05, 3.63) is 11.9 Å². The molecule has 0 aliphatic carbocycles. The highest BCUT2D eigenvalue weighted by Crippen LogP contribution is 2.26. The summed E-state index contributed by atoms with van der Waals surface area (Å²) in [6.45, 7) is 0. The Morgan fingerprint density at radius 3 is 2.71 bits per heavy atom. The molecule has 0 aromatic carbocycles. The summed E-state index contributed by atoms with van der Waals surface area (Å²) in [7, 11) is 0. The van der Waals surface area contributed by atoms with Crippen LogP contribution in [0.15, 0.2) is 6.20 Å². The van der Waals surface area contributed by atoms with Crippen LogP contribution in [0.5, 0.6) is 0 Å². The first-order chi connectivity index (χ1) is 7.81. The number of nitrogens with zero attached hydrogens (tertiary/aromatic N) is 2. The lowest BCUT2D eigenvalue weighted by Crippen LogP contribution is -2.48. The van der Waals surface area contributed by atoms with Gasteiger partial charge in [0.15, 0.2) is 5.69 Å². The van der Waals surface area contributed by atoms with E-state index in [-0.39, 0.29) is 18.3 Å². The quantitative estimate of drug-likeness (QED) is 0.843. The average molecular weight is 275 g/mol. The van der Waals surface area contributed by atoms with E-state index < -0.39 is 0 Å². The largest absolute Gasteiger partial charge is 0.348 e. The minimum atomic E-state index is -0.0833. The van der Waals surface area contributed by atoms with E-state index in [1.165, 1.54) is 19.0 Å². The summed E-state index contributed by atoms with van der Waals surface area (Å²) < 4.78 is 7.77. The van der Waals surface area contributed by atoms with Gasteiger partial charge in [-0.25, -0.2) is 0 Å². The standard InChI is InChI=1S/C10H14N4OS.ClH/c15-10(9-5-11-16-14-9)13-8-3-6-1-2-7(4-8)12-6;/h5-8,12H,1-4H2,(H,13,15);1H. The Morgan fingerprint density at radius 1 is 1.41 bits per heavy atom. The molecule has 2 atom stereocenters. The number of piperidine rings is 1. The Kier molecular flexibility index (Phi) is 3.96. The molecule has 0 radical (unpaired) electrons. The summed E-state index contributed by atoms with van der Waals surface area (Å²) in [5, 5.41) is 6.60. The monoisotopic (exact) mass is 274 g/mol. The molecule has 5 nitrogen and oxygen atoms in total. The zero-order chi connectivity index (χ0) is 11.0. The minimum absolute atomic E-state index is 0. The maximum Gasteiger partial charge on any atom is 0.272 e. The molecule has 2 saturated heterocycles. The number of halogens is 1. The molecule has 17 heavy (non-hydrogen) atoms. The van der Waals surface area contributed by atoms with E-state index in [9.17, 15) is 4.79 Å². The molecule has 2 bridgehead atoms. The first kappa shape index (κ1) is 12.7. The van der Waals surface area contributed by atoms with Crippen molar-refractivity contribution in [1.82, 2.24) is 19.4 Å². The Hall–Kier alpha value is -0.720. The third-order valence-corrected chi connectivity index (χ3v) is 3.88. The summed E-state index contributed by atoms with van der Waals surface area (Å²) in [6.07, 6.45) is 6.10. The van der Waals surface area contributed by atoms with E-state index in [1.54, 1.807) is 0 Å². The summed E-state index contributed by atoms with van der Waals surface area (Å²) in [6, 6.07) is 1.49. The molecule has 0 spiro atoms. The molecular formula is C10H15ClN4OS. The Bertz CT molecular complexity index is 374. The van der Waals surface area contributed by atoms with E-state index in [4.69, 9.17) is 0 Å². The van der Waals surface area contributed by atoms with Crippen molar-refractivity contribution in [2.24, 2.45) is 0 Å². The molecule has 2 unspecified atom stereocenters. The lowest BCUT2D eigenvalue weighted by atomic mass is 10.00. The number of amides is 1. The first-order valence-corrected chi connectivity index (χ1v) is 6.39. The molecule has 3 rings (SSSR count). The van der Waals surface area contributed by atoms with Crippen molar-refractivity contribution in [3.63, 3.8) is 0 Å². The smallest absolute Gasteiger partial charge is 0.272 e. The maximum absolute atomic E-state index is 11.8. The van der Waals surface area contributed by atoms with Crippen LogP contribution in [0, 0.1) is 0 Å². The lowest BCUT2D eigenvalue weighted by molar-refractivity contribution is 0.0920. The topological polar surface area (TPSA) is 66.9 Å². The number of fused-ring (bicyclic) bond motifs is 2. The van der Waals surface area contributed by atoms with Crippen LogP contribution in [-0.4, -0.2) is 32.8 Å². The minimum Gasteiger partial charge on any atom is -0.348 e. The van der Waals surface area contributed by atoms with Crippen LogP contribution >= 0.6 is 24.1 Å². The lowest BCUT2D eigenvalue weighted by Gasteiger charge is -2.29. The predicted molar refractivity (Wildman–Crippen MR) is 67.6 cm³/mol. The van der Waals surface area contributed by atoms with Crippen molar-refractivity contribution in [1.29, 1.82) is 0 Å². The van der Waals surface area contributed by atoms with E-state index in [0.717, 1.165) is 24.6 Å². The van der Waals surface area contributed by atoms with Gasteiger partial charge >= 0.3 is 0 Å². The van der Waals surface area contributed by atoms with Crippen LogP contribution in [0.2, 0.25) is 0 Å². The highest BCUT2D eigenvalue weighted by Gasteiger charge is 2.34. The van der Waals surface area contributed by atoms with E-state index in [0.29, 0.717) is 23.8 Å². The number of aromatic nitrogens is 2. The van der Waals surface area contributed by atoms with Crippen molar-refractivity contribution in [3.8, 4) is 0 Å². The molecular weight excluding hydrogens is 260 g/mol. The molecule has 0 saturated carbocycles. The summed E-state index contributed by atoms with van der Waals surface area (Å²) in [5.74, 6) is -0.0833. The number of nitrogens with one attached hydrogen (secondary N) is 2. The zero-order valence-corrected chi connectivity index (χ0v) is 10.9. The second kappa shape index (κ2) is 5.29. The Balaban J connectivity index is 0.00000108. The molecule has 1 aromatic rings. The Labute approximate surface area is 110 Å². The van der Waals surface area contributed by atoms with Crippen molar-refractivity contribution in [2.45, 2.75) is 43.8 Å². The third kappa shape index (κ3) is 2.75. The molecule has 94 valence electrons. The zero-order valence-electron chi connectivity index (χ0n) is 9.26. The molecule has 2 aliphatic heterocycles. The van der Waals surface area contributed by atoms with Crippen LogP contribution in [0.3, 0.4) is 0 Å². The van der Waals surface area contributed by atoms with Crippen LogP contribution < -0.4 is 10.6 Å². The first-order valence-electron chi connectivity index (χ1n) is 5.66. The van der Waals surface area contributed by atoms with Gasteiger partial charge in [-0.3, -0.25) is 4.79 Å². The highest BCUT2D eigenvalue weighted by molar-refractivity contribution is 6.99. The fourth-order valence-corrected chi connectivity index (χ4v) is 3.11. The fraction of sp³-hybridized carbons (Fsp3) is 0.700. The van der Waals surface area contributed by atoms with Crippen LogP contribution in [0.25, 0.3) is 0 Å². The predicted octanol–water partition coefficient (Wildman–Crippen LogP) is 0.973. The highest BCUT2D eigenvalue weighted by atomic mass is 35.5. The van der Waals surface area contributed by atoms with Crippen molar-refractivity contribution >= 4 is 30.0 Å². The second-order valence-corrected chi connectivity index (χ2v) is 5.13. The fourth-order valence-electron chi connectivity index (χ4n) is 2.70. The van der Waals surface area contributed by atoms with Crippen molar-refractivity contribution < 1.29 is 4.79 Å². The van der Waals surface area contributed by atoms with E-state index >= 15 is 0 Å². The van der Waals surface area contributed by atoms with Gasteiger partial charge in [0.1, 0.15) is 0 Å². The molecule has 3 heterocycles. The molecule has 2 fully saturated rings. The van der Waals surface area contributed by atoms with Gasteiger partial charge in [0.2, 0.25) is 0 Å². The number of hydrogen-bond donors (Lipinski definition) is 2. The molecule has 1 amide bonds. The van der Waals surface area contributed by atoms with E-state index in [1.807, 2.05) is 0 Å². The normalized spacial score (nSPS) is 30.7. The van der Waals surface area contributed by atoms with Gasteiger partial charge in [0.25, 0.3) is 5.91 Å². The number of hydrogen-bond acceptors (Lipinski definition) is 5. The van der Waals surface area contributed by atoms with Gasteiger partial charge in [0, 0.05) is 18.1 Å². The van der Waals surface area contributed by atoms with Gasteiger partial charge in [0.05, 0.1) is 17.9 Å². The van der Waals surface area contributed by atoms with Gasteiger partial charge in [-0.05, 0) is 25.7 Å². The Morgan fingerprint density at radius 2 is 2.12 bits per heavy atom. The molecule has 2 N–H and O–H groups in total. The summed E-state index contributed by atoms with van der Waals surface area (Å²) in [4.78, 5) is 11.8. The molecule has 7 heteroatoms. The van der Waals surface area contributed by atoms with Gasteiger partial charge in [-0.15, -0.1) is 12.4 Å². The molecule has 2 aliphatic rings. The van der Waals surface area contributed by atoms with Gasteiger partial charge in [-0.2, -0.15) is 8.75 Å². The van der Waals surface area contributed by atoms with E-state index in [2.05, 4.69) is 19.4 Å². The number of rotatable bonds is 2. The second-order valence-electron chi connectivity index (χ2n) is 4.57. The number of carbonyl (C=O) groups is 1. The van der Waals surface area contributed by atoms with Crippen LogP contribution in [0.1, 0.15) is 36.2 Å². The average Bonchev–Trinajstić information content (AvgIpc) is 2.88. The van der Waals surface area contributed by atoms with Gasteiger partial charge in [-0.1, -0.05) is 0 Å². The van der Waals surface area contributed by atoms with Crippen LogP contribution in [-0.2, 0) is 0 Å². The summed E-state index contributed by atoms with van der Waals surface area (Å²) >= 11 is 1.07. The van der Waals surface area contributed by atoms with Crippen LogP contribution in [0.4, 0.5) is 0 Å². The maximum atomic E-state index is 11.8. The third-order valence-electron chi connectivity index (χ3n) is 3.40. The SMILES string of the molecule is Cl.O=C(NC1CC2CCC(C1)N2)c1cnsn1. The van der Waals surface area contributed by atoms with Gasteiger partial charge < -0.3 is 10.6 Å².